The van der Waals surface area contributed by atoms with Crippen molar-refractivity contribution in [2.24, 2.45) is 5.41 Å². The van der Waals surface area contributed by atoms with Crippen LogP contribution in [0.25, 0.3) is 0 Å². The fraction of sp³-hybridized carbons (Fsp3) is 0.800. The van der Waals surface area contributed by atoms with Gasteiger partial charge in [0.15, 0.2) is 0 Å². The number of ether oxygens (including phenoxy) is 3. The summed E-state index contributed by atoms with van der Waals surface area (Å²) in [6.07, 6.45) is -5.73. The molecule has 140 valence electrons. The highest BCUT2D eigenvalue weighted by Crippen LogP contribution is 2.21. The Balaban J connectivity index is 3.77. The highest BCUT2D eigenvalue weighted by atomic mass is 19.4. The van der Waals surface area contributed by atoms with E-state index in [1.165, 1.54) is 0 Å². The van der Waals surface area contributed by atoms with E-state index in [4.69, 9.17) is 9.47 Å². The van der Waals surface area contributed by atoms with Gasteiger partial charge in [-0.25, -0.2) is 0 Å². The van der Waals surface area contributed by atoms with E-state index in [9.17, 15) is 27.6 Å². The summed E-state index contributed by atoms with van der Waals surface area (Å²) in [6, 6.07) is 0. The lowest BCUT2D eigenvalue weighted by Crippen LogP contribution is -2.27. The number of esters is 3. The third-order valence-electron chi connectivity index (χ3n) is 3.20. The van der Waals surface area contributed by atoms with Gasteiger partial charge >= 0.3 is 24.1 Å². The van der Waals surface area contributed by atoms with Crippen LogP contribution in [-0.4, -0.2) is 43.9 Å². The quantitative estimate of drug-likeness (QED) is 0.340. The van der Waals surface area contributed by atoms with Crippen LogP contribution in [0.3, 0.4) is 0 Å². The summed E-state index contributed by atoms with van der Waals surface area (Å²) >= 11 is 0. The number of rotatable bonds is 10. The van der Waals surface area contributed by atoms with E-state index < -0.39 is 42.5 Å². The molecule has 0 amide bonds. The van der Waals surface area contributed by atoms with Gasteiger partial charge in [0, 0.05) is 0 Å². The van der Waals surface area contributed by atoms with Gasteiger partial charge in [0.2, 0.25) is 0 Å². The van der Waals surface area contributed by atoms with Crippen LogP contribution < -0.4 is 0 Å². The average Bonchev–Trinajstić information content (AvgIpc) is 2.47. The molecule has 0 N–H and O–H groups in total. The third-order valence-corrected chi connectivity index (χ3v) is 3.20. The van der Waals surface area contributed by atoms with E-state index >= 15 is 0 Å². The highest BCUT2D eigenvalue weighted by Gasteiger charge is 2.28. The third kappa shape index (κ3) is 10.8. The normalized spacial score (nSPS) is 11.8. The first kappa shape index (κ1) is 22.2. The van der Waals surface area contributed by atoms with E-state index in [0.717, 1.165) is 0 Å². The molecule has 9 heteroatoms. The Bertz CT molecular complexity index is 431. The molecule has 0 saturated carbocycles. The van der Waals surface area contributed by atoms with Crippen molar-refractivity contribution in [2.75, 3.05) is 19.8 Å². The zero-order valence-corrected chi connectivity index (χ0v) is 14.0. The molecule has 0 aromatic carbocycles. The van der Waals surface area contributed by atoms with Crippen molar-refractivity contribution in [1.29, 1.82) is 0 Å². The van der Waals surface area contributed by atoms with Crippen molar-refractivity contribution >= 4 is 17.9 Å². The lowest BCUT2D eigenvalue weighted by atomic mass is 9.91. The van der Waals surface area contributed by atoms with Gasteiger partial charge < -0.3 is 14.2 Å². The van der Waals surface area contributed by atoms with E-state index in [-0.39, 0.29) is 26.1 Å². The highest BCUT2D eigenvalue weighted by molar-refractivity contribution is 5.77. The Labute approximate surface area is 138 Å². The van der Waals surface area contributed by atoms with Crippen LogP contribution in [0.2, 0.25) is 0 Å². The summed E-state index contributed by atoms with van der Waals surface area (Å²) in [5, 5.41) is 0. The Hall–Kier alpha value is -1.80. The van der Waals surface area contributed by atoms with Gasteiger partial charge in [0.25, 0.3) is 0 Å². The summed E-state index contributed by atoms with van der Waals surface area (Å²) in [5.74, 6) is -2.05. The molecule has 0 spiro atoms. The summed E-state index contributed by atoms with van der Waals surface area (Å²) in [7, 11) is 0. The zero-order chi connectivity index (χ0) is 18.8. The van der Waals surface area contributed by atoms with Crippen LogP contribution >= 0.6 is 0 Å². The number of halogens is 3. The SMILES string of the molecule is CCC(C)(C)C(=O)OCCOC(=O)CCC(=O)OCCC(F)(F)F. The first-order chi connectivity index (χ1) is 11.0. The van der Waals surface area contributed by atoms with Crippen LogP contribution in [0, 0.1) is 5.41 Å². The number of hydrogen-bond donors (Lipinski definition) is 0. The monoisotopic (exact) mass is 356 g/mol. The molecular weight excluding hydrogens is 333 g/mol. The van der Waals surface area contributed by atoms with Crippen molar-refractivity contribution in [3.05, 3.63) is 0 Å². The molecule has 0 aliphatic carbocycles. The van der Waals surface area contributed by atoms with Gasteiger partial charge in [-0.1, -0.05) is 6.92 Å². The van der Waals surface area contributed by atoms with Crippen LogP contribution in [0.5, 0.6) is 0 Å². The fourth-order valence-electron chi connectivity index (χ4n) is 1.26. The smallest absolute Gasteiger partial charge is 0.392 e. The van der Waals surface area contributed by atoms with Crippen LogP contribution in [-0.2, 0) is 28.6 Å². The Morgan fingerprint density at radius 1 is 0.833 bits per heavy atom. The first-order valence-corrected chi connectivity index (χ1v) is 7.53. The van der Waals surface area contributed by atoms with Gasteiger partial charge in [-0.05, 0) is 20.3 Å². The molecule has 0 aliphatic rings. The van der Waals surface area contributed by atoms with Crippen molar-refractivity contribution in [3.63, 3.8) is 0 Å². The van der Waals surface area contributed by atoms with E-state index in [0.29, 0.717) is 6.42 Å². The van der Waals surface area contributed by atoms with Gasteiger partial charge in [-0.3, -0.25) is 14.4 Å². The summed E-state index contributed by atoms with van der Waals surface area (Å²) < 4.78 is 49.6. The average molecular weight is 356 g/mol. The molecular formula is C15H23F3O6. The molecule has 0 unspecified atom stereocenters. The van der Waals surface area contributed by atoms with Crippen molar-refractivity contribution in [2.45, 2.75) is 52.6 Å². The molecule has 0 aliphatic heterocycles. The minimum absolute atomic E-state index is 0.107. The Morgan fingerprint density at radius 2 is 1.29 bits per heavy atom. The number of alkyl halides is 3. The second-order valence-corrected chi connectivity index (χ2v) is 5.68. The largest absolute Gasteiger partial charge is 0.465 e. The minimum atomic E-state index is -4.40. The summed E-state index contributed by atoms with van der Waals surface area (Å²) in [6.45, 7) is 4.25. The fourth-order valence-corrected chi connectivity index (χ4v) is 1.26. The lowest BCUT2D eigenvalue weighted by Gasteiger charge is -2.20. The second-order valence-electron chi connectivity index (χ2n) is 5.68. The number of hydrogen-bond acceptors (Lipinski definition) is 6. The van der Waals surface area contributed by atoms with Gasteiger partial charge in [0.05, 0.1) is 31.3 Å². The molecule has 0 heterocycles. The summed E-state index contributed by atoms with van der Waals surface area (Å²) in [4.78, 5) is 34.1. The maximum Gasteiger partial charge on any atom is 0.392 e. The van der Waals surface area contributed by atoms with Crippen LogP contribution in [0.1, 0.15) is 46.5 Å². The van der Waals surface area contributed by atoms with E-state index in [1.54, 1.807) is 13.8 Å². The predicted molar refractivity (Wildman–Crippen MR) is 76.9 cm³/mol. The van der Waals surface area contributed by atoms with Crippen LogP contribution in [0.4, 0.5) is 13.2 Å². The molecule has 0 fully saturated rings. The van der Waals surface area contributed by atoms with E-state index in [2.05, 4.69) is 4.74 Å². The molecule has 6 nitrogen and oxygen atoms in total. The van der Waals surface area contributed by atoms with Crippen molar-refractivity contribution < 1.29 is 41.8 Å². The van der Waals surface area contributed by atoms with Gasteiger partial charge in [-0.2, -0.15) is 13.2 Å². The van der Waals surface area contributed by atoms with Crippen LogP contribution in [0.15, 0.2) is 0 Å². The maximum atomic E-state index is 11.8. The first-order valence-electron chi connectivity index (χ1n) is 7.53. The molecule has 0 bridgehead atoms. The predicted octanol–water partition coefficient (Wildman–Crippen LogP) is 2.78. The van der Waals surface area contributed by atoms with Crippen molar-refractivity contribution in [3.8, 4) is 0 Å². The Kier molecular flexibility index (Phi) is 9.38. The lowest BCUT2D eigenvalue weighted by molar-refractivity contribution is -0.161. The number of carbonyl (C=O) groups excluding carboxylic acids is 3. The van der Waals surface area contributed by atoms with Gasteiger partial charge in [0.1, 0.15) is 13.2 Å². The number of carbonyl (C=O) groups is 3. The van der Waals surface area contributed by atoms with Gasteiger partial charge in [-0.15, -0.1) is 0 Å². The topological polar surface area (TPSA) is 78.9 Å². The second kappa shape index (κ2) is 10.1. The molecule has 0 aromatic rings. The molecule has 24 heavy (non-hydrogen) atoms. The molecule has 0 radical (unpaired) electrons. The van der Waals surface area contributed by atoms with Crippen molar-refractivity contribution in [1.82, 2.24) is 0 Å². The molecule has 0 aromatic heterocycles. The Morgan fingerprint density at radius 3 is 1.75 bits per heavy atom. The maximum absolute atomic E-state index is 11.8. The molecule has 0 atom stereocenters. The molecule has 0 rings (SSSR count). The summed E-state index contributed by atoms with van der Waals surface area (Å²) in [5.41, 5.74) is -0.621. The standard InChI is InChI=1S/C15H23F3O6/c1-4-14(2,3)13(21)24-10-9-23-12(20)6-5-11(19)22-8-7-15(16,17)18/h4-10H2,1-3H3. The minimum Gasteiger partial charge on any atom is -0.465 e. The zero-order valence-electron chi connectivity index (χ0n) is 14.0. The van der Waals surface area contributed by atoms with E-state index in [1.807, 2.05) is 6.92 Å². The molecule has 0 saturated heterocycles.